The van der Waals surface area contributed by atoms with Gasteiger partial charge in [0.1, 0.15) is 0 Å². The van der Waals surface area contributed by atoms with Gasteiger partial charge < -0.3 is 10.6 Å². The number of benzene rings is 1. The Morgan fingerprint density at radius 2 is 2.35 bits per heavy atom. The van der Waals surface area contributed by atoms with Crippen LogP contribution in [0.1, 0.15) is 23.7 Å². The Bertz CT molecular complexity index is 686. The summed E-state index contributed by atoms with van der Waals surface area (Å²) in [5, 5.41) is 1.43. The molecule has 1 aromatic heterocycles. The zero-order valence-corrected chi connectivity index (χ0v) is 12.0. The lowest BCUT2D eigenvalue weighted by molar-refractivity contribution is 0.101. The Hall–Kier alpha value is -1.65. The molecule has 104 valence electrons. The second kappa shape index (κ2) is 5.04. The van der Waals surface area contributed by atoms with Gasteiger partial charge in [-0.25, -0.2) is 0 Å². The number of Topliss-reactive ketones (excluding diaryl/α,β-unsaturated/α-hetero) is 1. The Labute approximate surface area is 122 Å². The van der Waals surface area contributed by atoms with Crippen molar-refractivity contribution in [1.82, 2.24) is 4.98 Å². The zero-order valence-electron chi connectivity index (χ0n) is 11.3. The third-order valence-electron chi connectivity index (χ3n) is 3.74. The lowest BCUT2D eigenvalue weighted by atomic mass is 10.0. The number of hydrogen-bond donors (Lipinski definition) is 1. The number of anilines is 1. The van der Waals surface area contributed by atoms with Crippen molar-refractivity contribution in [1.29, 1.82) is 0 Å². The second-order valence-corrected chi connectivity index (χ2v) is 5.61. The SMILES string of the molecule is CC(=O)c1cc(Cl)c2cccnc2c1N1CCC(N)C1. The largest absolute Gasteiger partial charge is 0.368 e. The lowest BCUT2D eigenvalue weighted by Crippen LogP contribution is -2.27. The molecular weight excluding hydrogens is 274 g/mol. The number of rotatable bonds is 2. The normalized spacial score (nSPS) is 18.8. The molecular formula is C15H16ClN3O. The Morgan fingerprint density at radius 3 is 3.00 bits per heavy atom. The van der Waals surface area contributed by atoms with Crippen LogP contribution in [0.2, 0.25) is 5.02 Å². The van der Waals surface area contributed by atoms with Crippen molar-refractivity contribution in [3.8, 4) is 0 Å². The van der Waals surface area contributed by atoms with Gasteiger partial charge in [0.2, 0.25) is 0 Å². The predicted octanol–water partition coefficient (Wildman–Crippen LogP) is 2.63. The van der Waals surface area contributed by atoms with Crippen molar-refractivity contribution in [3.05, 3.63) is 35.0 Å². The molecule has 2 heterocycles. The second-order valence-electron chi connectivity index (χ2n) is 5.21. The molecule has 0 saturated carbocycles. The van der Waals surface area contributed by atoms with Crippen molar-refractivity contribution in [2.24, 2.45) is 5.73 Å². The van der Waals surface area contributed by atoms with Crippen LogP contribution in [0.5, 0.6) is 0 Å². The first-order chi connectivity index (χ1) is 9.58. The molecule has 0 amide bonds. The van der Waals surface area contributed by atoms with E-state index >= 15 is 0 Å². The molecule has 1 fully saturated rings. The summed E-state index contributed by atoms with van der Waals surface area (Å²) in [6, 6.07) is 5.66. The number of pyridine rings is 1. The van der Waals surface area contributed by atoms with Crippen LogP contribution in [-0.2, 0) is 0 Å². The predicted molar refractivity (Wildman–Crippen MR) is 81.6 cm³/mol. The third-order valence-corrected chi connectivity index (χ3v) is 4.05. The van der Waals surface area contributed by atoms with Crippen molar-refractivity contribution in [2.75, 3.05) is 18.0 Å². The molecule has 3 rings (SSSR count). The quantitative estimate of drug-likeness (QED) is 0.864. The first kappa shape index (κ1) is 13.3. The van der Waals surface area contributed by atoms with Gasteiger partial charge in [-0.2, -0.15) is 0 Å². The van der Waals surface area contributed by atoms with E-state index in [9.17, 15) is 4.79 Å². The number of carbonyl (C=O) groups excluding carboxylic acids is 1. The fourth-order valence-corrected chi connectivity index (χ4v) is 3.03. The Balaban J connectivity index is 2.28. The van der Waals surface area contributed by atoms with Crippen molar-refractivity contribution in [2.45, 2.75) is 19.4 Å². The number of aromatic nitrogens is 1. The molecule has 0 radical (unpaired) electrons. The number of ketones is 1. The highest BCUT2D eigenvalue weighted by Crippen LogP contribution is 2.36. The van der Waals surface area contributed by atoms with Crippen LogP contribution < -0.4 is 10.6 Å². The van der Waals surface area contributed by atoms with Gasteiger partial charge in [-0.15, -0.1) is 0 Å². The molecule has 4 nitrogen and oxygen atoms in total. The molecule has 20 heavy (non-hydrogen) atoms. The minimum atomic E-state index is -0.00470. The minimum absolute atomic E-state index is 0.00470. The molecule has 1 atom stereocenters. The Kier molecular flexibility index (Phi) is 3.36. The number of carbonyl (C=O) groups is 1. The van der Waals surface area contributed by atoms with Gasteiger partial charge in [0.25, 0.3) is 0 Å². The summed E-state index contributed by atoms with van der Waals surface area (Å²) in [6.45, 7) is 3.14. The fourth-order valence-electron chi connectivity index (χ4n) is 2.77. The summed E-state index contributed by atoms with van der Waals surface area (Å²) in [6.07, 6.45) is 2.65. The van der Waals surface area contributed by atoms with E-state index in [2.05, 4.69) is 9.88 Å². The van der Waals surface area contributed by atoms with E-state index in [1.54, 1.807) is 19.2 Å². The highest BCUT2D eigenvalue weighted by atomic mass is 35.5. The van der Waals surface area contributed by atoms with E-state index in [0.29, 0.717) is 10.6 Å². The van der Waals surface area contributed by atoms with Crippen molar-refractivity contribution >= 4 is 34.0 Å². The minimum Gasteiger partial charge on any atom is -0.368 e. The fraction of sp³-hybridized carbons (Fsp3) is 0.333. The molecule has 1 aliphatic rings. The molecule has 0 aliphatic carbocycles. The number of nitrogens with two attached hydrogens (primary N) is 1. The van der Waals surface area contributed by atoms with Crippen molar-refractivity contribution < 1.29 is 4.79 Å². The smallest absolute Gasteiger partial charge is 0.162 e. The maximum absolute atomic E-state index is 12.0. The maximum atomic E-state index is 12.0. The van der Waals surface area contributed by atoms with E-state index in [1.165, 1.54) is 0 Å². The Morgan fingerprint density at radius 1 is 1.55 bits per heavy atom. The molecule has 2 aromatic rings. The topological polar surface area (TPSA) is 59.2 Å². The van der Waals surface area contributed by atoms with Crippen LogP contribution in [0.25, 0.3) is 10.9 Å². The highest BCUT2D eigenvalue weighted by Gasteiger charge is 2.26. The molecule has 2 N–H and O–H groups in total. The summed E-state index contributed by atoms with van der Waals surface area (Å²) in [5.41, 5.74) is 8.25. The van der Waals surface area contributed by atoms with Crippen LogP contribution in [0.4, 0.5) is 5.69 Å². The molecule has 1 aromatic carbocycles. The van der Waals surface area contributed by atoms with Crippen LogP contribution in [0.15, 0.2) is 24.4 Å². The molecule has 1 unspecified atom stereocenters. The molecule has 0 bridgehead atoms. The van der Waals surface area contributed by atoms with E-state index < -0.39 is 0 Å². The van der Waals surface area contributed by atoms with Crippen LogP contribution in [-0.4, -0.2) is 29.9 Å². The number of fused-ring (bicyclic) bond motifs is 1. The number of nitrogens with zero attached hydrogens (tertiary/aromatic N) is 2. The van der Waals surface area contributed by atoms with Gasteiger partial charge in [-0.3, -0.25) is 9.78 Å². The molecule has 1 saturated heterocycles. The monoisotopic (exact) mass is 289 g/mol. The average molecular weight is 290 g/mol. The van der Waals surface area contributed by atoms with Gasteiger partial charge in [-0.1, -0.05) is 11.6 Å². The molecule has 1 aliphatic heterocycles. The standard InChI is InChI=1S/C15H16ClN3O/c1-9(20)12-7-13(16)11-3-2-5-18-14(11)15(12)19-6-4-10(17)8-19/h2-3,5,7,10H,4,6,8,17H2,1H3. The summed E-state index contributed by atoms with van der Waals surface area (Å²) in [5.74, 6) is -0.00470. The summed E-state index contributed by atoms with van der Waals surface area (Å²) in [7, 11) is 0. The summed E-state index contributed by atoms with van der Waals surface area (Å²) >= 11 is 6.28. The van der Waals surface area contributed by atoms with Gasteiger partial charge >= 0.3 is 0 Å². The van der Waals surface area contributed by atoms with Crippen LogP contribution in [0.3, 0.4) is 0 Å². The molecule has 0 spiro atoms. The van der Waals surface area contributed by atoms with Gasteiger partial charge in [0.05, 0.1) is 16.2 Å². The average Bonchev–Trinajstić information content (AvgIpc) is 2.85. The third kappa shape index (κ3) is 2.15. The summed E-state index contributed by atoms with van der Waals surface area (Å²) < 4.78 is 0. The van der Waals surface area contributed by atoms with E-state index in [4.69, 9.17) is 17.3 Å². The van der Waals surface area contributed by atoms with E-state index in [0.717, 1.165) is 36.1 Å². The van der Waals surface area contributed by atoms with Gasteiger partial charge in [0, 0.05) is 36.3 Å². The van der Waals surface area contributed by atoms with Crippen LogP contribution >= 0.6 is 11.6 Å². The first-order valence-electron chi connectivity index (χ1n) is 6.66. The molecule has 5 heteroatoms. The van der Waals surface area contributed by atoms with E-state index in [1.807, 2.05) is 12.1 Å². The highest BCUT2D eigenvalue weighted by molar-refractivity contribution is 6.36. The van der Waals surface area contributed by atoms with Crippen LogP contribution in [0, 0.1) is 0 Å². The number of hydrogen-bond acceptors (Lipinski definition) is 4. The van der Waals surface area contributed by atoms with Gasteiger partial charge in [-0.05, 0) is 31.5 Å². The van der Waals surface area contributed by atoms with Crippen molar-refractivity contribution in [3.63, 3.8) is 0 Å². The number of halogens is 1. The van der Waals surface area contributed by atoms with E-state index in [-0.39, 0.29) is 11.8 Å². The zero-order chi connectivity index (χ0) is 14.3. The lowest BCUT2D eigenvalue weighted by Gasteiger charge is -2.23. The first-order valence-corrected chi connectivity index (χ1v) is 7.04. The summed E-state index contributed by atoms with van der Waals surface area (Å²) in [4.78, 5) is 18.5. The maximum Gasteiger partial charge on any atom is 0.162 e. The van der Waals surface area contributed by atoms with Gasteiger partial charge in [0.15, 0.2) is 5.78 Å².